The van der Waals surface area contributed by atoms with Gasteiger partial charge in [0.1, 0.15) is 11.6 Å². The highest BCUT2D eigenvalue weighted by molar-refractivity contribution is 6.08. The predicted octanol–water partition coefficient (Wildman–Crippen LogP) is 0.0976. The summed E-state index contributed by atoms with van der Waals surface area (Å²) >= 11 is 0. The Morgan fingerprint density at radius 3 is 1.34 bits per heavy atom. The number of anilines is 2. The summed E-state index contributed by atoms with van der Waals surface area (Å²) in [5.74, 6) is -1.19. The number of hydrogen-bond acceptors (Lipinski definition) is 6. The fourth-order valence-electron chi connectivity index (χ4n) is 2.99. The van der Waals surface area contributed by atoms with Crippen LogP contribution in [0.5, 0.6) is 0 Å². The lowest BCUT2D eigenvalue weighted by Crippen LogP contribution is -2.24. The topological polar surface area (TPSA) is 190 Å². The van der Waals surface area contributed by atoms with E-state index < -0.39 is 34.3 Å². The molecule has 0 unspecified atom stereocenters. The van der Waals surface area contributed by atoms with Crippen LogP contribution in [0.4, 0.5) is 11.6 Å². The maximum Gasteiger partial charge on any atom is 0.327 e. The number of rotatable bonds is 4. The van der Waals surface area contributed by atoms with Crippen molar-refractivity contribution in [3.63, 3.8) is 0 Å². The molecule has 32 heavy (non-hydrogen) atoms. The molecule has 2 aromatic heterocycles. The number of carbonyl (C=O) groups is 2. The first-order valence-corrected chi connectivity index (χ1v) is 9.11. The third-order valence-electron chi connectivity index (χ3n) is 4.38. The minimum atomic E-state index is -0.749. The van der Waals surface area contributed by atoms with E-state index in [1.54, 1.807) is 24.3 Å². The first kappa shape index (κ1) is 20.3. The molecule has 0 aliphatic rings. The molecule has 0 fully saturated rings. The number of nitrogens with one attached hydrogen (secondary N) is 6. The van der Waals surface area contributed by atoms with Gasteiger partial charge in [-0.15, -0.1) is 0 Å². The van der Waals surface area contributed by atoms with E-state index in [1.807, 2.05) is 9.97 Å². The second-order valence-corrected chi connectivity index (χ2v) is 6.69. The second-order valence-electron chi connectivity index (χ2n) is 6.69. The monoisotopic (exact) mass is 434 g/mol. The highest BCUT2D eigenvalue weighted by Crippen LogP contribution is 2.19. The van der Waals surface area contributed by atoms with Crippen LogP contribution in [-0.4, -0.2) is 31.8 Å². The van der Waals surface area contributed by atoms with Gasteiger partial charge in [0.05, 0.1) is 0 Å². The Labute approximate surface area is 176 Å². The minimum absolute atomic E-state index is 0.0475. The number of hydrogen-bond donors (Lipinski definition) is 6. The molecule has 0 radical (unpaired) electrons. The van der Waals surface area contributed by atoms with Crippen LogP contribution >= 0.6 is 0 Å². The van der Waals surface area contributed by atoms with Crippen LogP contribution in [0, 0.1) is 0 Å². The number of aromatic nitrogens is 4. The Morgan fingerprint density at radius 1 is 0.562 bits per heavy atom. The molecule has 0 bridgehead atoms. The summed E-state index contributed by atoms with van der Waals surface area (Å²) in [6.45, 7) is 0. The fraction of sp³-hybridized carbons (Fsp3) is 0. The summed E-state index contributed by atoms with van der Waals surface area (Å²) in [6.07, 6.45) is 0. The third-order valence-corrected chi connectivity index (χ3v) is 4.38. The van der Waals surface area contributed by atoms with E-state index in [0.29, 0.717) is 10.8 Å². The van der Waals surface area contributed by atoms with Crippen molar-refractivity contribution in [2.45, 2.75) is 0 Å². The van der Waals surface area contributed by atoms with Gasteiger partial charge in [0.15, 0.2) is 0 Å². The fourth-order valence-corrected chi connectivity index (χ4v) is 2.99. The van der Waals surface area contributed by atoms with Gasteiger partial charge in [-0.3, -0.25) is 39.1 Å². The van der Waals surface area contributed by atoms with Gasteiger partial charge in [0.25, 0.3) is 22.9 Å². The second kappa shape index (κ2) is 8.02. The van der Waals surface area contributed by atoms with Gasteiger partial charge in [-0.2, -0.15) is 0 Å². The van der Waals surface area contributed by atoms with Crippen molar-refractivity contribution < 1.29 is 9.59 Å². The van der Waals surface area contributed by atoms with Crippen molar-refractivity contribution in [3.05, 3.63) is 101 Å². The van der Waals surface area contributed by atoms with Gasteiger partial charge in [-0.1, -0.05) is 12.1 Å². The van der Waals surface area contributed by atoms with Crippen molar-refractivity contribution in [2.75, 3.05) is 10.6 Å². The molecule has 2 amide bonds. The average Bonchev–Trinajstić information content (AvgIpc) is 2.71. The molecule has 4 rings (SSSR count). The van der Waals surface area contributed by atoms with E-state index in [9.17, 15) is 28.8 Å². The Hall–Kier alpha value is -5.00. The SMILES string of the molecule is O=C(Nc1cc(=O)[nH]c(=O)[nH]1)c1ccc2cc(C(=O)Nc3cc(=O)[nH]c(=O)[nH]3)ccc2c1. The highest BCUT2D eigenvalue weighted by atomic mass is 16.2. The van der Waals surface area contributed by atoms with Crippen LogP contribution < -0.4 is 33.1 Å². The number of fused-ring (bicyclic) bond motifs is 1. The summed E-state index contributed by atoms with van der Waals surface area (Å²) in [4.78, 5) is 78.8. The average molecular weight is 434 g/mol. The molecule has 4 aromatic rings. The predicted molar refractivity (Wildman–Crippen MR) is 115 cm³/mol. The van der Waals surface area contributed by atoms with Crippen LogP contribution in [0.15, 0.2) is 67.7 Å². The zero-order chi connectivity index (χ0) is 22.8. The van der Waals surface area contributed by atoms with Crippen molar-refractivity contribution in [1.29, 1.82) is 0 Å². The van der Waals surface area contributed by atoms with E-state index in [-0.39, 0.29) is 22.8 Å². The number of amides is 2. The van der Waals surface area contributed by atoms with Gasteiger partial charge in [0.2, 0.25) is 0 Å². The van der Waals surface area contributed by atoms with Gasteiger partial charge >= 0.3 is 11.4 Å². The lowest BCUT2D eigenvalue weighted by Gasteiger charge is -2.08. The molecule has 0 saturated carbocycles. The van der Waals surface area contributed by atoms with Crippen LogP contribution in [0.25, 0.3) is 10.8 Å². The van der Waals surface area contributed by atoms with Gasteiger partial charge in [-0.05, 0) is 35.0 Å². The summed E-state index contributed by atoms with van der Waals surface area (Å²) < 4.78 is 0. The molecule has 160 valence electrons. The molecule has 0 aliphatic heterocycles. The lowest BCUT2D eigenvalue weighted by molar-refractivity contribution is 0.101. The molecule has 2 aromatic carbocycles. The van der Waals surface area contributed by atoms with E-state index >= 15 is 0 Å². The summed E-state index contributed by atoms with van der Waals surface area (Å²) in [6, 6.07) is 11.5. The summed E-state index contributed by atoms with van der Waals surface area (Å²) in [5.41, 5.74) is -2.29. The van der Waals surface area contributed by atoms with E-state index in [2.05, 4.69) is 20.6 Å². The Morgan fingerprint density at radius 2 is 0.969 bits per heavy atom. The van der Waals surface area contributed by atoms with Crippen molar-refractivity contribution in [2.24, 2.45) is 0 Å². The molecular weight excluding hydrogens is 420 g/mol. The van der Waals surface area contributed by atoms with E-state index in [1.165, 1.54) is 12.1 Å². The maximum atomic E-state index is 12.4. The zero-order valence-corrected chi connectivity index (χ0v) is 16.1. The van der Waals surface area contributed by atoms with E-state index in [0.717, 1.165) is 12.1 Å². The summed E-state index contributed by atoms with van der Waals surface area (Å²) in [5, 5.41) is 6.17. The van der Waals surface area contributed by atoms with Crippen molar-refractivity contribution >= 4 is 34.2 Å². The highest BCUT2D eigenvalue weighted by Gasteiger charge is 2.11. The van der Waals surface area contributed by atoms with Crippen LogP contribution in [0.2, 0.25) is 0 Å². The molecule has 12 heteroatoms. The number of carbonyl (C=O) groups excluding carboxylic acids is 2. The molecule has 0 spiro atoms. The van der Waals surface area contributed by atoms with Gasteiger partial charge < -0.3 is 10.6 Å². The number of H-pyrrole nitrogens is 4. The third kappa shape index (κ3) is 4.43. The van der Waals surface area contributed by atoms with Crippen LogP contribution in [0.1, 0.15) is 20.7 Å². The normalized spacial score (nSPS) is 10.6. The number of aromatic amines is 4. The molecule has 6 N–H and O–H groups in total. The summed E-state index contributed by atoms with van der Waals surface area (Å²) in [7, 11) is 0. The van der Waals surface area contributed by atoms with Crippen LogP contribution in [-0.2, 0) is 0 Å². The minimum Gasteiger partial charge on any atom is -0.308 e. The Kier molecular flexibility index (Phi) is 5.09. The first-order chi connectivity index (χ1) is 15.3. The van der Waals surface area contributed by atoms with E-state index in [4.69, 9.17) is 0 Å². The first-order valence-electron chi connectivity index (χ1n) is 9.11. The Bertz CT molecular complexity index is 1430. The lowest BCUT2D eigenvalue weighted by atomic mass is 10.0. The standard InChI is InChI=1S/C20H14N6O6/c27-15-7-13(23-19(31)25-15)21-17(29)11-3-1-9-5-12(4-2-10(9)6-11)18(30)22-14-8-16(28)26-20(32)24-14/h1-8H,(H3,21,23,25,27,29,31)(H3,22,24,26,28,30,32). The maximum absolute atomic E-state index is 12.4. The number of benzene rings is 2. The molecular formula is C20H14N6O6. The van der Waals surface area contributed by atoms with Crippen molar-refractivity contribution in [3.8, 4) is 0 Å². The Balaban J connectivity index is 1.56. The van der Waals surface area contributed by atoms with Gasteiger partial charge in [-0.25, -0.2) is 9.59 Å². The zero-order valence-electron chi connectivity index (χ0n) is 16.1. The molecule has 0 saturated heterocycles. The molecule has 2 heterocycles. The quantitative estimate of drug-likeness (QED) is 0.264. The molecule has 0 aliphatic carbocycles. The molecule has 12 nitrogen and oxygen atoms in total. The largest absolute Gasteiger partial charge is 0.327 e. The smallest absolute Gasteiger partial charge is 0.308 e. The van der Waals surface area contributed by atoms with Gasteiger partial charge in [0, 0.05) is 23.3 Å². The van der Waals surface area contributed by atoms with Crippen LogP contribution in [0.3, 0.4) is 0 Å². The van der Waals surface area contributed by atoms with Crippen molar-refractivity contribution in [1.82, 2.24) is 19.9 Å². The molecule has 0 atom stereocenters.